The van der Waals surface area contributed by atoms with Crippen molar-refractivity contribution in [3.05, 3.63) is 97.1 Å². The molecule has 0 saturated carbocycles. The summed E-state index contributed by atoms with van der Waals surface area (Å²) in [6.45, 7) is 0.661. The average molecular weight is 589 g/mol. The summed E-state index contributed by atoms with van der Waals surface area (Å²) in [6, 6.07) is 32.9. The number of hydrogen-bond acceptors (Lipinski definition) is 6. The molecule has 0 aliphatic heterocycles. The first-order valence-electron chi connectivity index (χ1n) is 14.4. The highest BCUT2D eigenvalue weighted by Gasteiger charge is 2.22. The molecule has 222 valence electrons. The van der Waals surface area contributed by atoms with Gasteiger partial charge in [0.25, 0.3) is 0 Å². The van der Waals surface area contributed by atoms with Crippen molar-refractivity contribution in [3.8, 4) is 22.6 Å². The Balaban J connectivity index is 1.56. The fraction of sp³-hybridized carbons (Fsp3) is 0.167. The average Bonchev–Trinajstić information content (AvgIpc) is 3.07. The molecular formula is C36H32N2O6. The highest BCUT2D eigenvalue weighted by atomic mass is 16.6. The summed E-state index contributed by atoms with van der Waals surface area (Å²) in [4.78, 5) is 23.2. The summed E-state index contributed by atoms with van der Waals surface area (Å²) in [5.41, 5.74) is 2.18. The van der Waals surface area contributed by atoms with E-state index in [0.717, 1.165) is 65.7 Å². The lowest BCUT2D eigenvalue weighted by Gasteiger charge is -2.22. The summed E-state index contributed by atoms with van der Waals surface area (Å²) in [5, 5.41) is 12.9. The molecule has 6 rings (SSSR count). The maximum atomic E-state index is 11.6. The van der Waals surface area contributed by atoms with Gasteiger partial charge in [-0.1, -0.05) is 97.1 Å². The van der Waals surface area contributed by atoms with Crippen molar-refractivity contribution in [3.63, 3.8) is 0 Å². The van der Waals surface area contributed by atoms with Gasteiger partial charge in [0.1, 0.15) is 37.9 Å². The predicted molar refractivity (Wildman–Crippen MR) is 174 cm³/mol. The quantitative estimate of drug-likeness (QED) is 0.135. The number of amides is 2. The van der Waals surface area contributed by atoms with Gasteiger partial charge < -0.3 is 29.6 Å². The monoisotopic (exact) mass is 588 g/mol. The van der Waals surface area contributed by atoms with E-state index in [2.05, 4.69) is 59.2 Å². The van der Waals surface area contributed by atoms with Crippen LogP contribution in [0.15, 0.2) is 97.1 Å². The molecule has 0 aliphatic carbocycles. The molecule has 0 spiro atoms. The highest BCUT2D eigenvalue weighted by molar-refractivity contribution is 6.26. The van der Waals surface area contributed by atoms with Crippen LogP contribution in [-0.4, -0.2) is 52.7 Å². The zero-order valence-corrected chi connectivity index (χ0v) is 24.5. The predicted octanol–water partition coefficient (Wildman–Crippen LogP) is 7.44. The van der Waals surface area contributed by atoms with Crippen LogP contribution in [0, 0.1) is 0 Å². The zero-order chi connectivity index (χ0) is 30.5. The van der Waals surface area contributed by atoms with Crippen LogP contribution in [-0.2, 0) is 9.47 Å². The molecule has 6 aromatic rings. The number of benzene rings is 6. The molecule has 0 bridgehead atoms. The van der Waals surface area contributed by atoms with Crippen LogP contribution in [0.5, 0.6) is 11.5 Å². The number of carbonyl (C=O) groups excluding carboxylic acids is 2. The first-order chi connectivity index (χ1) is 21.6. The smallest absolute Gasteiger partial charge is 0.406 e. The second kappa shape index (κ2) is 12.8. The molecule has 0 atom stereocenters. The molecule has 0 unspecified atom stereocenters. The Hall–Kier alpha value is -5.50. The maximum absolute atomic E-state index is 11.6. The van der Waals surface area contributed by atoms with Crippen LogP contribution in [0.3, 0.4) is 0 Å². The molecular weight excluding hydrogens is 556 g/mol. The van der Waals surface area contributed by atoms with E-state index in [1.54, 1.807) is 0 Å². The number of carbonyl (C=O) groups is 2. The summed E-state index contributed by atoms with van der Waals surface area (Å²) in [7, 11) is 3.05. The van der Waals surface area contributed by atoms with Crippen molar-refractivity contribution in [1.82, 2.24) is 10.6 Å². The lowest BCUT2D eigenvalue weighted by Crippen LogP contribution is -2.21. The van der Waals surface area contributed by atoms with E-state index in [4.69, 9.17) is 18.9 Å². The lowest BCUT2D eigenvalue weighted by atomic mass is 9.85. The third-order valence-electron chi connectivity index (χ3n) is 7.55. The number of hydrogen-bond donors (Lipinski definition) is 2. The van der Waals surface area contributed by atoms with Crippen molar-refractivity contribution in [2.24, 2.45) is 0 Å². The van der Waals surface area contributed by atoms with Gasteiger partial charge in [0.05, 0.1) is 0 Å². The van der Waals surface area contributed by atoms with Gasteiger partial charge in [-0.25, -0.2) is 9.59 Å². The standard InChI is InChI=1S/C36H32N2O6/c1-37-35(39)43-21-19-41-33-27-15-7-3-11-23(27)31(24-12-4-8-16-28(24)33)32-25-13-5-9-17-29(25)34(30-18-10-6-14-26(30)32)42-20-22-44-36(40)38-2/h3-18H,19-22H2,1-2H3,(H,37,39)(H,38,40). The first-order valence-corrected chi connectivity index (χ1v) is 14.4. The van der Waals surface area contributed by atoms with Gasteiger partial charge in [-0.15, -0.1) is 0 Å². The van der Waals surface area contributed by atoms with Crippen LogP contribution < -0.4 is 20.1 Å². The minimum atomic E-state index is -0.496. The van der Waals surface area contributed by atoms with E-state index >= 15 is 0 Å². The summed E-state index contributed by atoms with van der Waals surface area (Å²) >= 11 is 0. The SMILES string of the molecule is CNC(=O)OCCOc1c2ccccc2c(-c2c3ccccc3c(OCCOC(=O)NC)c3ccccc23)c2ccccc12. The van der Waals surface area contributed by atoms with Gasteiger partial charge in [-0.3, -0.25) is 0 Å². The fourth-order valence-corrected chi connectivity index (χ4v) is 5.73. The Kier molecular flexibility index (Phi) is 8.32. The third-order valence-corrected chi connectivity index (χ3v) is 7.55. The van der Waals surface area contributed by atoms with Gasteiger partial charge in [0.2, 0.25) is 0 Å². The molecule has 8 nitrogen and oxygen atoms in total. The molecule has 44 heavy (non-hydrogen) atoms. The van der Waals surface area contributed by atoms with Crippen LogP contribution in [0.1, 0.15) is 0 Å². The Morgan fingerprint density at radius 2 is 0.727 bits per heavy atom. The largest absolute Gasteiger partial charge is 0.489 e. The normalized spacial score (nSPS) is 11.0. The Morgan fingerprint density at radius 1 is 0.455 bits per heavy atom. The summed E-state index contributed by atoms with van der Waals surface area (Å²) in [6.07, 6.45) is -0.993. The number of fused-ring (bicyclic) bond motifs is 4. The van der Waals surface area contributed by atoms with Crippen LogP contribution in [0.2, 0.25) is 0 Å². The lowest BCUT2D eigenvalue weighted by molar-refractivity contribution is 0.127. The fourth-order valence-electron chi connectivity index (χ4n) is 5.73. The van der Waals surface area contributed by atoms with Gasteiger partial charge >= 0.3 is 12.2 Å². The van der Waals surface area contributed by atoms with E-state index in [9.17, 15) is 9.59 Å². The van der Waals surface area contributed by atoms with Gasteiger partial charge in [0, 0.05) is 35.6 Å². The minimum Gasteiger partial charge on any atom is -0.489 e. The molecule has 0 aliphatic rings. The molecule has 2 amide bonds. The van der Waals surface area contributed by atoms with Crippen molar-refractivity contribution in [1.29, 1.82) is 0 Å². The van der Waals surface area contributed by atoms with E-state index in [1.807, 2.05) is 48.5 Å². The topological polar surface area (TPSA) is 95.1 Å². The number of ether oxygens (including phenoxy) is 4. The second-order valence-corrected chi connectivity index (χ2v) is 10.1. The molecule has 0 heterocycles. The van der Waals surface area contributed by atoms with E-state index in [0.29, 0.717) is 0 Å². The Morgan fingerprint density at radius 3 is 1.00 bits per heavy atom. The van der Waals surface area contributed by atoms with Crippen molar-refractivity contribution in [2.75, 3.05) is 40.5 Å². The number of nitrogens with one attached hydrogen (secondary N) is 2. The molecule has 0 saturated heterocycles. The highest BCUT2D eigenvalue weighted by Crippen LogP contribution is 2.49. The maximum Gasteiger partial charge on any atom is 0.406 e. The first kappa shape index (κ1) is 28.6. The van der Waals surface area contributed by atoms with Crippen LogP contribution in [0.25, 0.3) is 54.2 Å². The molecule has 6 aromatic carbocycles. The molecule has 0 radical (unpaired) electrons. The van der Waals surface area contributed by atoms with Crippen LogP contribution >= 0.6 is 0 Å². The van der Waals surface area contributed by atoms with Gasteiger partial charge in [0.15, 0.2) is 0 Å². The molecule has 8 heteroatoms. The molecule has 2 N–H and O–H groups in total. The third kappa shape index (κ3) is 5.38. The van der Waals surface area contributed by atoms with E-state index in [-0.39, 0.29) is 26.4 Å². The Bertz CT molecular complexity index is 1750. The number of alkyl carbamates (subject to hydrolysis) is 2. The van der Waals surface area contributed by atoms with Crippen molar-refractivity contribution in [2.45, 2.75) is 0 Å². The van der Waals surface area contributed by atoms with E-state index in [1.165, 1.54) is 14.1 Å². The van der Waals surface area contributed by atoms with Crippen LogP contribution in [0.4, 0.5) is 9.59 Å². The number of rotatable bonds is 9. The van der Waals surface area contributed by atoms with E-state index < -0.39 is 12.2 Å². The second-order valence-electron chi connectivity index (χ2n) is 10.1. The van der Waals surface area contributed by atoms with Gasteiger partial charge in [-0.2, -0.15) is 0 Å². The summed E-state index contributed by atoms with van der Waals surface area (Å²) in [5.74, 6) is 1.48. The molecule has 0 aromatic heterocycles. The minimum absolute atomic E-state index is 0.120. The van der Waals surface area contributed by atoms with Gasteiger partial charge in [-0.05, 0) is 32.7 Å². The zero-order valence-electron chi connectivity index (χ0n) is 24.5. The molecule has 0 fully saturated rings. The summed E-state index contributed by atoms with van der Waals surface area (Å²) < 4.78 is 23.0. The Labute approximate surface area is 254 Å². The van der Waals surface area contributed by atoms with Crippen molar-refractivity contribution >= 4 is 55.3 Å². The van der Waals surface area contributed by atoms with Crippen molar-refractivity contribution < 1.29 is 28.5 Å².